The Bertz CT molecular complexity index is 1170. The molecule has 1 aromatic rings. The highest BCUT2D eigenvalue weighted by atomic mass is 32.2. The number of fused-ring (bicyclic) bond motifs is 3. The molecular formula is C26H30O9S. The molecular weight excluding hydrogens is 488 g/mol. The van der Waals surface area contributed by atoms with Crippen LogP contribution >= 0.6 is 11.8 Å². The molecule has 1 saturated carbocycles. The van der Waals surface area contributed by atoms with Crippen LogP contribution in [0.25, 0.3) is 0 Å². The number of ketones is 2. The van der Waals surface area contributed by atoms with Crippen LogP contribution < -0.4 is 0 Å². The van der Waals surface area contributed by atoms with Crippen LogP contribution in [0.1, 0.15) is 59.6 Å². The van der Waals surface area contributed by atoms with Crippen molar-refractivity contribution < 1.29 is 42.5 Å². The lowest BCUT2D eigenvalue weighted by molar-refractivity contribution is -0.149. The van der Waals surface area contributed by atoms with E-state index in [9.17, 15) is 19.2 Å². The lowest BCUT2D eigenvalue weighted by Gasteiger charge is -2.51. The molecule has 36 heavy (non-hydrogen) atoms. The Morgan fingerprint density at radius 3 is 2.69 bits per heavy atom. The number of cyclic esters (lactones) is 1. The zero-order valence-corrected chi connectivity index (χ0v) is 21.7. The van der Waals surface area contributed by atoms with Gasteiger partial charge in [-0.2, -0.15) is 0 Å². The number of carbonyl (C=O) groups excluding carboxylic acids is 4. The number of rotatable bonds is 8. The molecule has 5 rings (SSSR count). The van der Waals surface area contributed by atoms with Gasteiger partial charge in [-0.15, -0.1) is 11.8 Å². The van der Waals surface area contributed by atoms with Crippen LogP contribution in [0, 0.1) is 11.3 Å². The normalized spacial score (nSPS) is 32.7. The first-order valence-corrected chi connectivity index (χ1v) is 13.2. The van der Waals surface area contributed by atoms with Crippen LogP contribution in [-0.2, 0) is 34.0 Å². The number of ether oxygens (including phenoxy) is 4. The Labute approximate surface area is 213 Å². The van der Waals surface area contributed by atoms with Crippen molar-refractivity contribution in [3.8, 4) is 0 Å². The summed E-state index contributed by atoms with van der Waals surface area (Å²) < 4.78 is 28.0. The second-order valence-electron chi connectivity index (χ2n) is 10.2. The van der Waals surface area contributed by atoms with E-state index in [1.807, 2.05) is 13.8 Å². The minimum atomic E-state index is -1.02. The van der Waals surface area contributed by atoms with Crippen molar-refractivity contribution >= 4 is 35.3 Å². The summed E-state index contributed by atoms with van der Waals surface area (Å²) in [4.78, 5) is 52.7. The van der Waals surface area contributed by atoms with Crippen molar-refractivity contribution in [2.24, 2.45) is 11.3 Å². The summed E-state index contributed by atoms with van der Waals surface area (Å²) in [6.07, 6.45) is 0.805. The number of hydrogen-bond acceptors (Lipinski definition) is 10. The number of hydrogen-bond donors (Lipinski definition) is 0. The molecule has 0 saturated heterocycles. The van der Waals surface area contributed by atoms with E-state index in [4.69, 9.17) is 23.4 Å². The van der Waals surface area contributed by atoms with E-state index in [1.54, 1.807) is 7.11 Å². The van der Waals surface area contributed by atoms with E-state index >= 15 is 0 Å². The van der Waals surface area contributed by atoms with Gasteiger partial charge in [0.15, 0.2) is 5.76 Å². The van der Waals surface area contributed by atoms with Gasteiger partial charge in [0, 0.05) is 55.3 Å². The SMILES string of the molecule is COCCSCC(=O)O[C@@H]1C[C@]2(C)C(=O)CC[C@H]2C2=C1[C@]1(C)c3c(coc3C2=O)C(=O)O[C@@H]1COC. The highest BCUT2D eigenvalue weighted by Crippen LogP contribution is 2.61. The standard InChI is InChI=1S/C26H30O9S/c1-25-9-15(34-18(28)12-36-8-7-31-3)21-19(14(25)5-6-16(25)27)22(29)23-20-13(10-33-23)24(30)35-17(11-32-4)26(20,21)2/h10,14-15,17H,5-9,11-12H2,1-4H3/t14-,15+,17+,25-,26-/m0/s1. The second-order valence-corrected chi connectivity index (χ2v) is 11.3. The minimum absolute atomic E-state index is 0.0574. The van der Waals surface area contributed by atoms with Crippen molar-refractivity contribution in [2.45, 2.75) is 50.7 Å². The summed E-state index contributed by atoms with van der Waals surface area (Å²) in [5, 5.41) is 0. The molecule has 10 heteroatoms. The third kappa shape index (κ3) is 3.52. The topological polar surface area (TPSA) is 118 Å². The Hall–Kier alpha value is -2.43. The minimum Gasteiger partial charge on any atom is -0.460 e. The molecule has 2 heterocycles. The molecule has 1 aromatic heterocycles. The zero-order chi connectivity index (χ0) is 25.8. The number of allylic oxidation sites excluding steroid dienone is 1. The second kappa shape index (κ2) is 9.15. The van der Waals surface area contributed by atoms with Gasteiger partial charge in [-0.1, -0.05) is 6.92 Å². The molecule has 0 amide bonds. The lowest BCUT2D eigenvalue weighted by Crippen LogP contribution is -2.57. The van der Waals surface area contributed by atoms with Crippen molar-refractivity contribution in [3.63, 3.8) is 0 Å². The smallest absolute Gasteiger partial charge is 0.342 e. The summed E-state index contributed by atoms with van der Waals surface area (Å²) in [7, 11) is 3.10. The number of Topliss-reactive ketones (excluding diaryl/α,β-unsaturated/α-hetero) is 2. The fraction of sp³-hybridized carbons (Fsp3) is 0.615. The first-order valence-electron chi connectivity index (χ1n) is 12.1. The first-order chi connectivity index (χ1) is 17.2. The molecule has 0 aromatic carbocycles. The van der Waals surface area contributed by atoms with Crippen LogP contribution in [0.3, 0.4) is 0 Å². The maximum atomic E-state index is 13.9. The maximum Gasteiger partial charge on any atom is 0.342 e. The van der Waals surface area contributed by atoms with Gasteiger partial charge in [0.05, 0.1) is 24.4 Å². The fourth-order valence-corrected chi connectivity index (χ4v) is 7.24. The number of thioether (sulfide) groups is 1. The molecule has 0 bridgehead atoms. The summed E-state index contributed by atoms with van der Waals surface area (Å²) in [5.74, 6) is -0.822. The van der Waals surface area contributed by atoms with Crippen LogP contribution in [-0.4, -0.2) is 74.7 Å². The molecule has 3 aliphatic carbocycles. The van der Waals surface area contributed by atoms with Gasteiger partial charge in [0.25, 0.3) is 0 Å². The average Bonchev–Trinajstić information content (AvgIpc) is 3.41. The highest BCUT2D eigenvalue weighted by molar-refractivity contribution is 7.99. The third-order valence-corrected chi connectivity index (χ3v) is 9.21. The predicted molar refractivity (Wildman–Crippen MR) is 128 cm³/mol. The molecule has 5 atom stereocenters. The monoisotopic (exact) mass is 518 g/mol. The molecule has 0 unspecified atom stereocenters. The molecule has 0 radical (unpaired) electrons. The van der Waals surface area contributed by atoms with Gasteiger partial charge < -0.3 is 23.4 Å². The number of methoxy groups -OCH3 is 2. The molecule has 1 aliphatic heterocycles. The Kier molecular flexibility index (Phi) is 6.41. The average molecular weight is 519 g/mol. The van der Waals surface area contributed by atoms with Crippen LogP contribution in [0.15, 0.2) is 21.8 Å². The number of carbonyl (C=O) groups is 4. The van der Waals surface area contributed by atoms with E-state index in [1.165, 1.54) is 25.1 Å². The predicted octanol–water partition coefficient (Wildman–Crippen LogP) is 2.90. The van der Waals surface area contributed by atoms with Crippen LogP contribution in [0.5, 0.6) is 0 Å². The van der Waals surface area contributed by atoms with Gasteiger partial charge in [-0.3, -0.25) is 14.4 Å². The fourth-order valence-electron chi connectivity index (χ4n) is 6.57. The summed E-state index contributed by atoms with van der Waals surface area (Å²) in [6.45, 7) is 4.33. The summed E-state index contributed by atoms with van der Waals surface area (Å²) >= 11 is 1.39. The van der Waals surface area contributed by atoms with Gasteiger partial charge in [0.1, 0.15) is 29.8 Å². The lowest BCUT2D eigenvalue weighted by atomic mass is 9.54. The van der Waals surface area contributed by atoms with Crippen molar-refractivity contribution in [1.29, 1.82) is 0 Å². The Morgan fingerprint density at radius 1 is 1.19 bits per heavy atom. The highest BCUT2D eigenvalue weighted by Gasteiger charge is 2.64. The van der Waals surface area contributed by atoms with Gasteiger partial charge >= 0.3 is 11.9 Å². The quantitative estimate of drug-likeness (QED) is 0.375. The first kappa shape index (κ1) is 25.2. The van der Waals surface area contributed by atoms with Gasteiger partial charge in [-0.05, 0) is 18.9 Å². The molecule has 0 N–H and O–H groups in total. The molecule has 0 spiro atoms. The molecule has 4 aliphatic rings. The van der Waals surface area contributed by atoms with E-state index in [2.05, 4.69) is 0 Å². The third-order valence-electron chi connectivity index (χ3n) is 8.31. The Balaban J connectivity index is 1.64. The van der Waals surface area contributed by atoms with Crippen LogP contribution in [0.2, 0.25) is 0 Å². The van der Waals surface area contributed by atoms with E-state index in [0.29, 0.717) is 41.9 Å². The van der Waals surface area contributed by atoms with E-state index < -0.39 is 35.0 Å². The van der Waals surface area contributed by atoms with E-state index in [0.717, 1.165) is 0 Å². The van der Waals surface area contributed by atoms with Crippen LogP contribution in [0.4, 0.5) is 0 Å². The largest absolute Gasteiger partial charge is 0.460 e. The molecule has 9 nitrogen and oxygen atoms in total. The Morgan fingerprint density at radius 2 is 1.97 bits per heavy atom. The number of furan rings is 1. The van der Waals surface area contributed by atoms with Crippen molar-refractivity contribution in [1.82, 2.24) is 0 Å². The van der Waals surface area contributed by atoms with Gasteiger partial charge in [0.2, 0.25) is 5.78 Å². The van der Waals surface area contributed by atoms with Gasteiger partial charge in [-0.25, -0.2) is 4.79 Å². The number of esters is 2. The molecule has 194 valence electrons. The summed E-state index contributed by atoms with van der Waals surface area (Å²) in [5.41, 5.74) is -0.164. The molecule has 1 fully saturated rings. The summed E-state index contributed by atoms with van der Waals surface area (Å²) in [6, 6.07) is 0. The zero-order valence-electron chi connectivity index (χ0n) is 20.8. The van der Waals surface area contributed by atoms with Crippen molar-refractivity contribution in [3.05, 3.63) is 34.3 Å². The van der Waals surface area contributed by atoms with Crippen molar-refractivity contribution in [2.75, 3.05) is 38.9 Å². The van der Waals surface area contributed by atoms with E-state index in [-0.39, 0.29) is 47.6 Å². The maximum absolute atomic E-state index is 13.9.